The fraction of sp³-hybridized carbons (Fsp3) is 0.173. The molecular weight excluding hydrogens is 1780 g/mol. The summed E-state index contributed by atoms with van der Waals surface area (Å²) in [6.07, 6.45) is 7.95. The maximum atomic E-state index is 12.6. The van der Waals surface area contributed by atoms with E-state index in [0.29, 0.717) is 69.8 Å². The second-order valence-electron chi connectivity index (χ2n) is 33.3. The molecule has 1 amide bonds. The van der Waals surface area contributed by atoms with Gasteiger partial charge in [0.15, 0.2) is 11.8 Å². The Hall–Kier alpha value is -12.8. The van der Waals surface area contributed by atoms with Gasteiger partial charge in [-0.15, -0.1) is 15.3 Å². The van der Waals surface area contributed by atoms with E-state index in [9.17, 15) is 24.9 Å². The summed E-state index contributed by atoms with van der Waals surface area (Å²) >= 11 is 3.15. The molecule has 0 saturated heterocycles. The molecule has 0 bridgehead atoms. The van der Waals surface area contributed by atoms with Crippen LogP contribution >= 0.6 is 15.9 Å². The quantitative estimate of drug-likeness (QED) is 0.0279. The summed E-state index contributed by atoms with van der Waals surface area (Å²) in [4.78, 5) is 25.0. The SMILES string of the molecule is CC1=CC(=C(c2ccc(N)cc2)c2ccc(N)cc2)C=CC1=[NH2+].CC1=NN(c2ccccc2)C(=O)C1N=Nc1cccc([N+](C)(C)C)c1.COc1ccccc1N=Nc1c(O)ccc2ccc([N+](C)(C)C)cc12.C[N+](C)(C)c1ccc2ccc(O)c(N=Nc3ccc(N)cc3)c2c1.C[N+](C)(C)c1cccc(Cc2cc(N)c3c(c2O)C(=N)C=C(Br)C3=O)c1.[Cl-].[Cl-].[Cl-].[Cl-].[Cl-]. The van der Waals surface area contributed by atoms with Gasteiger partial charge < -0.3 is 110 Å². The zero-order valence-corrected chi connectivity index (χ0v) is 79.1. The van der Waals surface area contributed by atoms with Crippen molar-refractivity contribution in [2.45, 2.75) is 26.3 Å². The van der Waals surface area contributed by atoms with E-state index >= 15 is 0 Å². The number of rotatable bonds is 16. The molecule has 24 nitrogen and oxygen atoms in total. The van der Waals surface area contributed by atoms with E-state index in [2.05, 4.69) is 167 Å². The second-order valence-corrected chi connectivity index (χ2v) is 34.1. The highest BCUT2D eigenvalue weighted by molar-refractivity contribution is 9.12. The van der Waals surface area contributed by atoms with Crippen molar-refractivity contribution in [3.63, 3.8) is 0 Å². The van der Waals surface area contributed by atoms with Crippen LogP contribution in [0.15, 0.2) is 318 Å². The third-order valence-corrected chi connectivity index (χ3v) is 21.0. The highest BCUT2D eigenvalue weighted by atomic mass is 79.9. The molecule has 14 N–H and O–H groups in total. The van der Waals surface area contributed by atoms with Gasteiger partial charge >= 0.3 is 0 Å². The van der Waals surface area contributed by atoms with Crippen LogP contribution in [0, 0.1) is 5.41 Å². The Morgan fingerprint density at radius 1 is 0.508 bits per heavy atom. The lowest BCUT2D eigenvalue weighted by Crippen LogP contribution is -3.00. The second kappa shape index (κ2) is 44.6. The van der Waals surface area contributed by atoms with Crippen LogP contribution in [0.1, 0.15) is 52.0 Å². The number of hydrogen-bond donors (Lipinski definition) is 9. The van der Waals surface area contributed by atoms with Crippen molar-refractivity contribution in [3.8, 4) is 23.0 Å². The summed E-state index contributed by atoms with van der Waals surface area (Å²) in [5, 5.41) is 80.5. The maximum Gasteiger partial charge on any atom is 0.280 e. The first-order chi connectivity index (χ1) is 58.2. The van der Waals surface area contributed by atoms with Gasteiger partial charge in [0.05, 0.1) is 136 Å². The van der Waals surface area contributed by atoms with Gasteiger partial charge in [0.25, 0.3) is 5.91 Å². The van der Waals surface area contributed by atoms with Crippen molar-refractivity contribution < 1.29 is 97.1 Å². The van der Waals surface area contributed by atoms with E-state index in [1.165, 1.54) is 11.1 Å². The van der Waals surface area contributed by atoms with E-state index < -0.39 is 6.04 Å². The molecule has 666 valence electrons. The first-order valence-electron chi connectivity index (χ1n) is 39.5. The van der Waals surface area contributed by atoms with Crippen LogP contribution in [0.3, 0.4) is 0 Å². The fourth-order valence-corrected chi connectivity index (χ4v) is 13.7. The summed E-state index contributed by atoms with van der Waals surface area (Å²) < 4.78 is 8.29. The van der Waals surface area contributed by atoms with E-state index in [1.807, 2.05) is 195 Å². The fourth-order valence-electron chi connectivity index (χ4n) is 13.3. The molecule has 0 saturated carbocycles. The summed E-state index contributed by atoms with van der Waals surface area (Å²) in [5.41, 5.74) is 43.1. The van der Waals surface area contributed by atoms with E-state index in [0.717, 1.165) is 106 Å². The number of halogens is 6. The minimum atomic E-state index is -0.673. The molecule has 12 aromatic rings. The number of hydrazone groups is 1. The summed E-state index contributed by atoms with van der Waals surface area (Å²) in [7, 11) is 26.7. The number of aromatic hydroxyl groups is 3. The zero-order chi connectivity index (χ0) is 89.0. The molecular formula is C98H106BrCl5N18O6. The summed E-state index contributed by atoms with van der Waals surface area (Å²) in [5.74, 6) is 0.292. The van der Waals surface area contributed by atoms with Crippen molar-refractivity contribution in [1.29, 1.82) is 5.41 Å². The van der Waals surface area contributed by atoms with Crippen molar-refractivity contribution in [2.75, 3.05) is 120 Å². The first kappa shape index (κ1) is 104. The summed E-state index contributed by atoms with van der Waals surface area (Å²) in [6.45, 7) is 3.81. The number of methoxy groups -OCH3 is 1. The topological polar surface area (TPSA) is 347 Å². The minimum absolute atomic E-state index is 0. The number of nitrogens with zero attached hydrogens (tertiary/aromatic N) is 12. The molecule has 0 spiro atoms. The molecule has 15 rings (SSSR count). The van der Waals surface area contributed by atoms with Crippen molar-refractivity contribution in [3.05, 3.63) is 316 Å². The normalized spacial score (nSPS) is 13.5. The predicted molar refractivity (Wildman–Crippen MR) is 511 cm³/mol. The number of nitrogens with two attached hydrogens (primary N) is 5. The average Bonchev–Trinajstić information content (AvgIpc) is 1.21. The lowest BCUT2D eigenvalue weighted by Gasteiger charge is -2.24. The third-order valence-electron chi connectivity index (χ3n) is 20.4. The van der Waals surface area contributed by atoms with E-state index in [4.69, 9.17) is 38.5 Å². The molecule has 0 radical (unpaired) electrons. The highest BCUT2D eigenvalue weighted by Crippen LogP contribution is 2.43. The number of quaternary nitrogens is 4. The molecule has 128 heavy (non-hydrogen) atoms. The van der Waals surface area contributed by atoms with Gasteiger partial charge in [0, 0.05) is 81.4 Å². The number of nitrogen functional groups attached to an aromatic ring is 4. The van der Waals surface area contributed by atoms with Crippen LogP contribution in [-0.2, 0) is 11.2 Å². The smallest absolute Gasteiger partial charge is 0.280 e. The molecule has 3 aliphatic rings. The Labute approximate surface area is 787 Å². The Bertz CT molecular complexity index is 6250. The number of carbonyl (C=O) groups is 2. The van der Waals surface area contributed by atoms with Gasteiger partial charge in [-0.3, -0.25) is 32.9 Å². The van der Waals surface area contributed by atoms with Gasteiger partial charge in [-0.05, 0) is 220 Å². The van der Waals surface area contributed by atoms with E-state index in [-0.39, 0.29) is 118 Å². The van der Waals surface area contributed by atoms with Crippen LogP contribution in [0.5, 0.6) is 23.0 Å². The number of hydrogen-bond acceptors (Lipinski definition) is 18. The Morgan fingerprint density at radius 2 is 0.984 bits per heavy atom. The van der Waals surface area contributed by atoms with E-state index in [1.54, 1.807) is 56.5 Å². The number of anilines is 5. The lowest BCUT2D eigenvalue weighted by molar-refractivity contribution is -0.118. The number of Topliss-reactive ketones (excluding diaryl/α,β-unsaturated/α-hetero) is 1. The largest absolute Gasteiger partial charge is 1.00 e. The number of nitrogens with one attached hydrogen (secondary N) is 1. The van der Waals surface area contributed by atoms with Crippen molar-refractivity contribution in [1.82, 2.24) is 17.9 Å². The van der Waals surface area contributed by atoms with Gasteiger partial charge in [-0.25, -0.2) is 0 Å². The molecule has 1 heterocycles. The molecule has 2 aliphatic carbocycles. The number of carbonyl (C=O) groups excluding carboxylic acids is 2. The lowest BCUT2D eigenvalue weighted by atomic mass is 9.88. The standard InChI is InChI=1S/C20H20BrN3O2.C20H21N3O2.C20H19N3.C19H22N5O.C19H20N4O.5ClH/c1-24(2,3)13-6-4-5-11(8-13)7-12-9-15(22)18-17(19(12)25)16(23)10-14(21)20(18)26;1-23(2,3)15-11-9-14-10-12-18(24)20(16(14)13-15)22-21-17-7-5-6-8-19(17)25-4;1-13-12-16(6-11-19(13)23)20(14-2-7-17(21)8-3-14)15-4-9-18(22)10-5-15;1-14-18(19(25)23(22-14)16-10-6-5-7-11-16)21-20-15-9-8-12-17(13-15)24(2,3)4;1-23(2,3)16-10-4-13-5-11-18(24)19(17(13)12-16)22-21-15-8-6-14(20)7-9-15;;;;;/h4-6,8-10H,7H2,1-3H3,(H3-,22,23,25,26);5-13H,1-4H3;2-12,23H,21-22H2,1H3;5-13,18H,1-4H3;4-12H,1-3H3,(H2-,20,21,22,24);5*1H/q;;;+1;;;;;;/p-1. The van der Waals surface area contributed by atoms with Gasteiger partial charge in [-0.2, -0.15) is 25.5 Å². The average molecular weight is 1890 g/mol. The van der Waals surface area contributed by atoms with Crippen LogP contribution < -0.4 is 118 Å². The number of phenols is 3. The third kappa shape index (κ3) is 26.0. The molecule has 0 aromatic heterocycles. The number of amides is 1. The Kier molecular flexibility index (Phi) is 36.2. The van der Waals surface area contributed by atoms with Gasteiger partial charge in [-0.1, -0.05) is 84.9 Å². The van der Waals surface area contributed by atoms with Crippen molar-refractivity contribution in [2.24, 2.45) is 35.8 Å². The molecule has 30 heteroatoms. The molecule has 1 atom stereocenters. The number of ketones is 1. The first-order valence-corrected chi connectivity index (χ1v) is 40.3. The van der Waals surface area contributed by atoms with Gasteiger partial charge in [0.1, 0.15) is 62.8 Å². The highest BCUT2D eigenvalue weighted by Gasteiger charge is 2.35. The van der Waals surface area contributed by atoms with Gasteiger partial charge in [0.2, 0.25) is 5.78 Å². The number of benzene rings is 12. The molecule has 12 aromatic carbocycles. The Morgan fingerprint density at radius 3 is 1.50 bits per heavy atom. The Balaban J connectivity index is 0.000000245. The predicted octanol–water partition coefficient (Wildman–Crippen LogP) is 4.66. The molecule has 1 aliphatic heterocycles. The zero-order valence-electron chi connectivity index (χ0n) is 73.8. The van der Waals surface area contributed by atoms with Crippen LogP contribution in [-0.4, -0.2) is 142 Å². The number of phenolic OH excluding ortho intramolecular Hbond substituents is 3. The number of para-hydroxylation sites is 2. The molecule has 0 fully saturated rings. The van der Waals surface area contributed by atoms with Crippen LogP contribution in [0.25, 0.3) is 27.1 Å². The minimum Gasteiger partial charge on any atom is -1.00 e. The van der Waals surface area contributed by atoms with Crippen LogP contribution in [0.2, 0.25) is 0 Å². The number of ether oxygens (including phenoxy) is 1. The number of fused-ring (bicyclic) bond motifs is 3. The molecule has 1 unspecified atom stereocenters. The summed E-state index contributed by atoms with van der Waals surface area (Å²) in [6, 6.07) is 75.9. The van der Waals surface area contributed by atoms with Crippen LogP contribution in [0.4, 0.5) is 79.6 Å². The monoisotopic (exact) mass is 1880 g/mol. The number of azo groups is 3. The van der Waals surface area contributed by atoms with Crippen molar-refractivity contribution >= 4 is 151 Å². The maximum absolute atomic E-state index is 12.6. The number of allylic oxidation sites excluding steroid dienone is 7.